The Morgan fingerprint density at radius 1 is 0.917 bits per heavy atom. The normalized spacial score (nSPS) is 20.4. The second kappa shape index (κ2) is 9.53. The Labute approximate surface area is 210 Å². The van der Waals surface area contributed by atoms with E-state index in [2.05, 4.69) is 10.3 Å². The Balaban J connectivity index is 1.52. The maximum atomic E-state index is 12.9. The molecule has 2 N–H and O–H groups in total. The van der Waals surface area contributed by atoms with Gasteiger partial charge in [0.25, 0.3) is 10.0 Å². The van der Waals surface area contributed by atoms with Crippen LogP contribution in [0, 0.1) is 12.8 Å². The Morgan fingerprint density at radius 2 is 1.64 bits per heavy atom. The molecule has 0 radical (unpaired) electrons. The highest BCUT2D eigenvalue weighted by Crippen LogP contribution is 2.51. The number of methoxy groups -OCH3 is 2. The molecule has 0 saturated carbocycles. The zero-order valence-electron chi connectivity index (χ0n) is 20.4. The van der Waals surface area contributed by atoms with E-state index in [0.717, 1.165) is 16.7 Å². The lowest BCUT2D eigenvalue weighted by Crippen LogP contribution is -2.52. The summed E-state index contributed by atoms with van der Waals surface area (Å²) in [6.07, 6.45) is -0.709. The van der Waals surface area contributed by atoms with Crippen molar-refractivity contribution in [2.24, 2.45) is 5.92 Å². The van der Waals surface area contributed by atoms with Gasteiger partial charge < -0.3 is 23.7 Å². The van der Waals surface area contributed by atoms with Crippen molar-refractivity contribution < 1.29 is 32.1 Å². The monoisotopic (exact) mass is 512 g/mol. The third-order valence-electron chi connectivity index (χ3n) is 6.53. The third-order valence-corrected chi connectivity index (χ3v) is 7.81. The highest BCUT2D eigenvalue weighted by atomic mass is 32.2. The molecule has 0 amide bonds. The summed E-state index contributed by atoms with van der Waals surface area (Å²) in [5.41, 5.74) is 5.61. The largest absolute Gasteiger partial charge is 0.493 e. The Kier molecular flexibility index (Phi) is 6.42. The number of fused-ring (bicyclic) bond motifs is 2. The number of para-hydroxylation sites is 1. The molecule has 3 aromatic rings. The van der Waals surface area contributed by atoms with Crippen LogP contribution in [0.15, 0.2) is 59.5 Å². The van der Waals surface area contributed by atoms with Gasteiger partial charge in [0.05, 0.1) is 19.1 Å². The summed E-state index contributed by atoms with van der Waals surface area (Å²) in [5, 5.41) is 0. The maximum absolute atomic E-state index is 12.9. The summed E-state index contributed by atoms with van der Waals surface area (Å²) in [6, 6.07) is 16.0. The maximum Gasteiger partial charge on any atom is 0.253 e. The van der Waals surface area contributed by atoms with E-state index in [1.165, 1.54) is 0 Å². The molecule has 2 aliphatic heterocycles. The summed E-state index contributed by atoms with van der Waals surface area (Å²) < 4.78 is 54.6. The summed E-state index contributed by atoms with van der Waals surface area (Å²) in [5.74, 6) is 2.47. The van der Waals surface area contributed by atoms with E-state index in [1.54, 1.807) is 44.6 Å². The van der Waals surface area contributed by atoms with Gasteiger partial charge in [0.2, 0.25) is 6.79 Å². The van der Waals surface area contributed by atoms with Crippen molar-refractivity contribution in [1.29, 1.82) is 0 Å². The number of aryl methyl sites for hydroxylation is 1. The molecule has 2 aliphatic rings. The van der Waals surface area contributed by atoms with Crippen LogP contribution in [0.5, 0.6) is 28.7 Å². The van der Waals surface area contributed by atoms with Gasteiger partial charge in [-0.15, -0.1) is 4.83 Å². The molecule has 0 spiro atoms. The zero-order chi connectivity index (χ0) is 25.4. The number of hydrogen-bond acceptors (Lipinski definition) is 8. The second-order valence-electron chi connectivity index (χ2n) is 8.76. The van der Waals surface area contributed by atoms with Gasteiger partial charge in [-0.05, 0) is 31.2 Å². The lowest BCUT2D eigenvalue weighted by atomic mass is 9.78. The van der Waals surface area contributed by atoms with Crippen LogP contribution in [0.1, 0.15) is 29.5 Å². The fourth-order valence-electron chi connectivity index (χ4n) is 4.67. The number of hydrazine groups is 1. The van der Waals surface area contributed by atoms with Gasteiger partial charge in [-0.25, -0.2) is 13.8 Å². The molecule has 5 rings (SSSR count). The summed E-state index contributed by atoms with van der Waals surface area (Å²) in [7, 11) is -0.640. The molecular weight excluding hydrogens is 484 g/mol. The van der Waals surface area contributed by atoms with Gasteiger partial charge in [0.15, 0.2) is 29.2 Å². The lowest BCUT2D eigenvalue weighted by molar-refractivity contribution is 0.0732. The average molecular weight is 513 g/mol. The lowest BCUT2D eigenvalue weighted by Gasteiger charge is -2.39. The molecule has 3 aromatic carbocycles. The molecule has 0 unspecified atom stereocenters. The quantitative estimate of drug-likeness (QED) is 0.462. The van der Waals surface area contributed by atoms with Crippen LogP contribution >= 0.6 is 0 Å². The van der Waals surface area contributed by atoms with Crippen LogP contribution in [-0.2, 0) is 10.0 Å². The average Bonchev–Trinajstić information content (AvgIpc) is 3.33. The molecule has 190 valence electrons. The number of sulfonamides is 1. The number of ether oxygens (including phenoxy) is 5. The number of benzene rings is 3. The topological polar surface area (TPSA) is 104 Å². The molecule has 3 atom stereocenters. The van der Waals surface area contributed by atoms with Gasteiger partial charge in [-0.1, -0.05) is 36.8 Å². The Bertz CT molecular complexity index is 1380. The number of nitrogens with one attached hydrogen (secondary N) is 2. The summed E-state index contributed by atoms with van der Waals surface area (Å²) in [6.45, 7) is 4.00. The standard InChI is InChI=1S/C26H28N2O7S/c1-15-8-10-17(11-9-15)36(29,30)28-27-26-16(2)24(18-6-5-7-20(31-3)25(18)32-4)19-12-22-23(34-14-33-22)13-21(19)35-26/h5-13,16,24,26-28H,14H2,1-4H3/t16-,24-,26+/m1/s1. The van der Waals surface area contributed by atoms with Crippen molar-refractivity contribution in [3.05, 3.63) is 71.3 Å². The molecule has 36 heavy (non-hydrogen) atoms. The molecule has 0 fully saturated rings. The second-order valence-corrected chi connectivity index (χ2v) is 10.4. The minimum atomic E-state index is -3.82. The van der Waals surface area contributed by atoms with Crippen molar-refractivity contribution in [3.63, 3.8) is 0 Å². The van der Waals surface area contributed by atoms with E-state index in [-0.39, 0.29) is 23.5 Å². The van der Waals surface area contributed by atoms with E-state index in [4.69, 9.17) is 23.7 Å². The predicted molar refractivity (Wildman–Crippen MR) is 132 cm³/mol. The number of rotatable bonds is 7. The first-order valence-electron chi connectivity index (χ1n) is 11.5. The Morgan fingerprint density at radius 3 is 2.33 bits per heavy atom. The van der Waals surface area contributed by atoms with Crippen LogP contribution in [0.3, 0.4) is 0 Å². The molecule has 0 aromatic heterocycles. The van der Waals surface area contributed by atoms with Crippen LogP contribution < -0.4 is 33.9 Å². The van der Waals surface area contributed by atoms with Gasteiger partial charge in [0.1, 0.15) is 5.75 Å². The van der Waals surface area contributed by atoms with E-state index in [0.29, 0.717) is 28.7 Å². The van der Waals surface area contributed by atoms with Gasteiger partial charge in [-0.2, -0.15) is 0 Å². The van der Waals surface area contributed by atoms with E-state index in [1.807, 2.05) is 38.1 Å². The predicted octanol–water partition coefficient (Wildman–Crippen LogP) is 3.71. The van der Waals surface area contributed by atoms with Crippen LogP contribution in [0.2, 0.25) is 0 Å². The molecule has 0 aliphatic carbocycles. The zero-order valence-corrected chi connectivity index (χ0v) is 21.2. The molecule has 0 bridgehead atoms. The first kappa shape index (κ1) is 24.2. The minimum absolute atomic E-state index is 0.124. The van der Waals surface area contributed by atoms with Crippen molar-refractivity contribution in [1.82, 2.24) is 10.3 Å². The van der Waals surface area contributed by atoms with E-state index < -0.39 is 16.3 Å². The van der Waals surface area contributed by atoms with Gasteiger partial charge in [0, 0.05) is 29.0 Å². The molecular formula is C26H28N2O7S. The highest BCUT2D eigenvalue weighted by molar-refractivity contribution is 7.89. The van der Waals surface area contributed by atoms with E-state index in [9.17, 15) is 8.42 Å². The Hall–Kier alpha value is -3.47. The summed E-state index contributed by atoms with van der Waals surface area (Å²) >= 11 is 0. The van der Waals surface area contributed by atoms with Crippen LogP contribution in [0.25, 0.3) is 0 Å². The molecule has 10 heteroatoms. The minimum Gasteiger partial charge on any atom is -0.493 e. The molecule has 0 saturated heterocycles. The van der Waals surface area contributed by atoms with Crippen LogP contribution in [-0.4, -0.2) is 35.7 Å². The van der Waals surface area contributed by atoms with Gasteiger partial charge in [-0.3, -0.25) is 0 Å². The van der Waals surface area contributed by atoms with Crippen molar-refractivity contribution in [2.45, 2.75) is 30.9 Å². The van der Waals surface area contributed by atoms with Crippen molar-refractivity contribution in [3.8, 4) is 28.7 Å². The van der Waals surface area contributed by atoms with Crippen molar-refractivity contribution in [2.75, 3.05) is 21.0 Å². The van der Waals surface area contributed by atoms with E-state index >= 15 is 0 Å². The fourth-order valence-corrected chi connectivity index (χ4v) is 5.55. The number of hydrogen-bond donors (Lipinski definition) is 2. The first-order chi connectivity index (χ1) is 17.3. The first-order valence-corrected chi connectivity index (χ1v) is 13.0. The molecule has 9 nitrogen and oxygen atoms in total. The smallest absolute Gasteiger partial charge is 0.253 e. The summed E-state index contributed by atoms with van der Waals surface area (Å²) in [4.78, 5) is 2.64. The SMILES string of the molecule is COc1cccc([C@@H]2c3cc4c(cc3O[C@H](NNS(=O)(=O)c3ccc(C)cc3)[C@@H]2C)OCO4)c1OC. The van der Waals surface area contributed by atoms with Crippen LogP contribution in [0.4, 0.5) is 0 Å². The third kappa shape index (κ3) is 4.32. The van der Waals surface area contributed by atoms with Crippen molar-refractivity contribution >= 4 is 10.0 Å². The highest BCUT2D eigenvalue weighted by Gasteiger charge is 2.40. The molecule has 2 heterocycles. The van der Waals surface area contributed by atoms with Gasteiger partial charge >= 0.3 is 0 Å². The fraction of sp³-hybridized carbons (Fsp3) is 0.308.